The lowest BCUT2D eigenvalue weighted by Gasteiger charge is -2.11. The molecular formula is C15H14N2O6. The largest absolute Gasteiger partial charge is 0.504 e. The highest BCUT2D eigenvalue weighted by atomic mass is 16.7. The monoisotopic (exact) mass is 318 g/mol. The van der Waals surface area contributed by atoms with Gasteiger partial charge < -0.3 is 25.1 Å². The maximum Gasteiger partial charge on any atom is 0.347 e. The van der Waals surface area contributed by atoms with Gasteiger partial charge in [-0.1, -0.05) is 18.2 Å². The summed E-state index contributed by atoms with van der Waals surface area (Å²) >= 11 is 0. The second-order valence-electron chi connectivity index (χ2n) is 4.25. The van der Waals surface area contributed by atoms with Crippen molar-refractivity contribution < 1.29 is 28.9 Å². The molecule has 0 aliphatic carbocycles. The number of amides is 1. The van der Waals surface area contributed by atoms with Gasteiger partial charge in [-0.3, -0.25) is 4.79 Å². The van der Waals surface area contributed by atoms with Gasteiger partial charge >= 0.3 is 5.97 Å². The smallest absolute Gasteiger partial charge is 0.347 e. The van der Waals surface area contributed by atoms with Crippen molar-refractivity contribution in [2.24, 2.45) is 5.73 Å². The van der Waals surface area contributed by atoms with Crippen LogP contribution in [0.1, 0.15) is 10.5 Å². The number of nitrogens with zero attached hydrogens (tertiary/aromatic N) is 1. The Hall–Kier alpha value is -3.29. The maximum absolute atomic E-state index is 11.5. The van der Waals surface area contributed by atoms with Gasteiger partial charge in [0.1, 0.15) is 5.75 Å². The van der Waals surface area contributed by atoms with Gasteiger partial charge in [-0.05, 0) is 12.1 Å². The SMILES string of the molecule is NC(=O)c1nccc(O)c1OCOC(=O)COc1ccccc1. The van der Waals surface area contributed by atoms with Gasteiger partial charge in [0.25, 0.3) is 5.91 Å². The van der Waals surface area contributed by atoms with Gasteiger partial charge in [0, 0.05) is 12.3 Å². The van der Waals surface area contributed by atoms with Crippen molar-refractivity contribution in [2.45, 2.75) is 0 Å². The molecule has 0 saturated heterocycles. The van der Waals surface area contributed by atoms with Crippen molar-refractivity contribution in [3.8, 4) is 17.2 Å². The standard InChI is InChI=1S/C15H14N2O6/c16-15(20)13-14(11(18)6-7-17-13)23-9-22-12(19)8-21-10-4-2-1-3-5-10/h1-7H,8-9H2,(H2,16,20)(H,17,18). The predicted octanol–water partition coefficient (Wildman–Crippen LogP) is 0.845. The molecule has 8 heteroatoms. The third kappa shape index (κ3) is 4.60. The number of benzene rings is 1. The second kappa shape index (κ2) is 7.64. The molecule has 2 rings (SSSR count). The zero-order valence-corrected chi connectivity index (χ0v) is 12.0. The van der Waals surface area contributed by atoms with Crippen molar-refractivity contribution in [2.75, 3.05) is 13.4 Å². The van der Waals surface area contributed by atoms with Crippen LogP contribution in [0.15, 0.2) is 42.6 Å². The Kier molecular flexibility index (Phi) is 5.35. The summed E-state index contributed by atoms with van der Waals surface area (Å²) in [7, 11) is 0. The number of carbonyl (C=O) groups excluding carboxylic acids is 2. The summed E-state index contributed by atoms with van der Waals surface area (Å²) < 4.78 is 15.0. The molecule has 0 fully saturated rings. The van der Waals surface area contributed by atoms with Gasteiger partial charge in [0.2, 0.25) is 6.79 Å². The molecule has 1 aromatic carbocycles. The molecule has 2 aromatic rings. The summed E-state index contributed by atoms with van der Waals surface area (Å²) in [4.78, 5) is 26.4. The number of primary amides is 1. The van der Waals surface area contributed by atoms with E-state index >= 15 is 0 Å². The Labute approximate surface area is 131 Å². The molecule has 3 N–H and O–H groups in total. The number of nitrogens with two attached hydrogens (primary N) is 1. The molecule has 0 bridgehead atoms. The molecule has 0 spiro atoms. The van der Waals surface area contributed by atoms with E-state index in [-0.39, 0.29) is 23.8 Å². The van der Waals surface area contributed by atoms with E-state index < -0.39 is 18.7 Å². The van der Waals surface area contributed by atoms with Crippen molar-refractivity contribution in [3.63, 3.8) is 0 Å². The van der Waals surface area contributed by atoms with Crippen LogP contribution in [0.3, 0.4) is 0 Å². The van der Waals surface area contributed by atoms with E-state index in [4.69, 9.17) is 19.9 Å². The van der Waals surface area contributed by atoms with E-state index in [0.717, 1.165) is 0 Å². The van der Waals surface area contributed by atoms with Crippen molar-refractivity contribution >= 4 is 11.9 Å². The average Bonchev–Trinajstić information content (AvgIpc) is 2.55. The highest BCUT2D eigenvalue weighted by Crippen LogP contribution is 2.27. The fourth-order valence-corrected chi connectivity index (χ4v) is 1.61. The molecule has 0 aliphatic rings. The van der Waals surface area contributed by atoms with E-state index in [2.05, 4.69) is 4.98 Å². The Morgan fingerprint density at radius 1 is 1.13 bits per heavy atom. The first-order valence-corrected chi connectivity index (χ1v) is 6.52. The number of aromatic hydroxyl groups is 1. The Morgan fingerprint density at radius 2 is 1.87 bits per heavy atom. The normalized spacial score (nSPS) is 9.91. The molecule has 23 heavy (non-hydrogen) atoms. The van der Waals surface area contributed by atoms with Gasteiger partial charge in [0.05, 0.1) is 0 Å². The molecule has 0 atom stereocenters. The summed E-state index contributed by atoms with van der Waals surface area (Å²) in [6.07, 6.45) is 1.20. The minimum Gasteiger partial charge on any atom is -0.504 e. The molecule has 120 valence electrons. The molecular weight excluding hydrogens is 304 g/mol. The lowest BCUT2D eigenvalue weighted by molar-refractivity contribution is -0.152. The number of para-hydroxylation sites is 1. The van der Waals surface area contributed by atoms with Crippen molar-refractivity contribution in [3.05, 3.63) is 48.3 Å². The van der Waals surface area contributed by atoms with E-state index in [1.54, 1.807) is 24.3 Å². The molecule has 1 amide bonds. The highest BCUT2D eigenvalue weighted by Gasteiger charge is 2.16. The van der Waals surface area contributed by atoms with E-state index in [0.29, 0.717) is 5.75 Å². The third-order valence-corrected chi connectivity index (χ3v) is 2.64. The Balaban J connectivity index is 1.83. The van der Waals surface area contributed by atoms with Crippen LogP contribution in [0.4, 0.5) is 0 Å². The topological polar surface area (TPSA) is 121 Å². The molecule has 8 nitrogen and oxygen atoms in total. The third-order valence-electron chi connectivity index (χ3n) is 2.64. The molecule has 1 heterocycles. The number of pyridine rings is 1. The lowest BCUT2D eigenvalue weighted by atomic mass is 10.3. The maximum atomic E-state index is 11.5. The number of carbonyl (C=O) groups is 2. The number of hydrogen-bond acceptors (Lipinski definition) is 7. The van der Waals surface area contributed by atoms with Crippen LogP contribution < -0.4 is 15.2 Å². The van der Waals surface area contributed by atoms with Crippen molar-refractivity contribution in [1.29, 1.82) is 0 Å². The van der Waals surface area contributed by atoms with Crippen LogP contribution >= 0.6 is 0 Å². The number of aromatic nitrogens is 1. The van der Waals surface area contributed by atoms with Crippen LogP contribution in [-0.4, -0.2) is 35.4 Å². The van der Waals surface area contributed by atoms with E-state index in [1.165, 1.54) is 12.3 Å². The predicted molar refractivity (Wildman–Crippen MR) is 77.9 cm³/mol. The summed E-state index contributed by atoms with van der Waals surface area (Å²) in [5, 5.41) is 9.62. The summed E-state index contributed by atoms with van der Waals surface area (Å²) in [6.45, 7) is -0.842. The zero-order valence-electron chi connectivity index (χ0n) is 12.0. The number of hydrogen-bond donors (Lipinski definition) is 2. The van der Waals surface area contributed by atoms with Crippen LogP contribution in [-0.2, 0) is 9.53 Å². The minimum absolute atomic E-state index is 0.253. The number of rotatable bonds is 7. The average molecular weight is 318 g/mol. The highest BCUT2D eigenvalue weighted by molar-refractivity contribution is 5.94. The fraction of sp³-hybridized carbons (Fsp3) is 0.133. The molecule has 0 unspecified atom stereocenters. The Morgan fingerprint density at radius 3 is 2.57 bits per heavy atom. The van der Waals surface area contributed by atoms with Gasteiger partial charge in [-0.15, -0.1) is 0 Å². The first-order valence-electron chi connectivity index (χ1n) is 6.52. The minimum atomic E-state index is -0.880. The summed E-state index contributed by atoms with van der Waals surface area (Å²) in [5.41, 5.74) is 4.84. The number of esters is 1. The lowest BCUT2D eigenvalue weighted by Crippen LogP contribution is -2.19. The van der Waals surface area contributed by atoms with E-state index in [1.807, 2.05) is 6.07 Å². The quantitative estimate of drug-likeness (QED) is 0.573. The van der Waals surface area contributed by atoms with Crippen LogP contribution in [0.2, 0.25) is 0 Å². The molecule has 1 aromatic heterocycles. The number of ether oxygens (including phenoxy) is 3. The van der Waals surface area contributed by atoms with Crippen LogP contribution in [0, 0.1) is 0 Å². The fourth-order valence-electron chi connectivity index (χ4n) is 1.61. The van der Waals surface area contributed by atoms with E-state index in [9.17, 15) is 14.7 Å². The van der Waals surface area contributed by atoms with Crippen LogP contribution in [0.25, 0.3) is 0 Å². The molecule has 0 aliphatic heterocycles. The summed E-state index contributed by atoms with van der Waals surface area (Å²) in [6, 6.07) is 9.94. The van der Waals surface area contributed by atoms with Gasteiger partial charge in [0.15, 0.2) is 23.8 Å². The molecule has 0 radical (unpaired) electrons. The molecule has 0 saturated carbocycles. The second-order valence-corrected chi connectivity index (χ2v) is 4.25. The van der Waals surface area contributed by atoms with Gasteiger partial charge in [-0.25, -0.2) is 9.78 Å². The Bertz CT molecular complexity index is 690. The van der Waals surface area contributed by atoms with Gasteiger partial charge in [-0.2, -0.15) is 0 Å². The first-order chi connectivity index (χ1) is 11.1. The van der Waals surface area contributed by atoms with Crippen molar-refractivity contribution in [1.82, 2.24) is 4.98 Å². The summed E-state index contributed by atoms with van der Waals surface area (Å²) in [5.74, 6) is -1.64. The van der Waals surface area contributed by atoms with Crippen LogP contribution in [0.5, 0.6) is 17.2 Å². The first kappa shape index (κ1) is 16.1. The zero-order chi connectivity index (χ0) is 16.7.